The van der Waals surface area contributed by atoms with Gasteiger partial charge < -0.3 is 15.0 Å². The zero-order chi connectivity index (χ0) is 18.5. The van der Waals surface area contributed by atoms with Gasteiger partial charge in [0.25, 0.3) is 0 Å². The van der Waals surface area contributed by atoms with E-state index < -0.39 is 9.84 Å². The molecule has 1 spiro atoms. The van der Waals surface area contributed by atoms with Crippen LogP contribution in [0.1, 0.15) is 44.9 Å². The molecule has 3 heterocycles. The van der Waals surface area contributed by atoms with Crippen LogP contribution in [-0.4, -0.2) is 69.7 Å². The summed E-state index contributed by atoms with van der Waals surface area (Å²) in [5.74, 6) is 3.54. The summed E-state index contributed by atoms with van der Waals surface area (Å²) >= 11 is 0. The van der Waals surface area contributed by atoms with Crippen LogP contribution in [0.15, 0.2) is 4.99 Å². The maximum Gasteiger partial charge on any atom is 0.194 e. The van der Waals surface area contributed by atoms with Crippen molar-refractivity contribution < 1.29 is 13.2 Å². The van der Waals surface area contributed by atoms with Gasteiger partial charge in [0.1, 0.15) is 0 Å². The van der Waals surface area contributed by atoms with Gasteiger partial charge in [-0.3, -0.25) is 4.99 Å². The van der Waals surface area contributed by atoms with Crippen LogP contribution in [0.2, 0.25) is 0 Å². The first-order valence-electron chi connectivity index (χ1n) is 10.9. The molecule has 5 rings (SSSR count). The highest BCUT2D eigenvalue weighted by molar-refractivity contribution is 14.0. The Hall–Kier alpha value is -0.0900. The second-order valence-corrected chi connectivity index (χ2v) is 12.0. The lowest BCUT2D eigenvalue weighted by atomic mass is 9.87. The van der Waals surface area contributed by atoms with E-state index in [4.69, 9.17) is 9.73 Å². The lowest BCUT2D eigenvalue weighted by Gasteiger charge is -2.29. The number of nitrogens with zero attached hydrogens (tertiary/aromatic N) is 2. The van der Waals surface area contributed by atoms with Crippen molar-refractivity contribution in [3.63, 3.8) is 0 Å². The number of likely N-dealkylation sites (tertiary alicyclic amines) is 1. The maximum atomic E-state index is 11.8. The number of nitrogens with one attached hydrogen (secondary N) is 1. The number of halogens is 1. The average molecular weight is 523 g/mol. The van der Waals surface area contributed by atoms with E-state index in [-0.39, 0.29) is 29.9 Å². The van der Waals surface area contributed by atoms with E-state index in [0.29, 0.717) is 29.5 Å². The molecule has 8 heteroatoms. The molecule has 3 saturated heterocycles. The second-order valence-electron chi connectivity index (χ2n) is 9.75. The standard InChI is InChI=1S/C20H33N3O3S.HI/c24-27(25)10-5-15(12-27)11-21-19(22-18(16-1-2-16)17-3-4-17)23-8-6-20(13-23)7-9-26-14-20;/h15-18H,1-14H2,(H,21,22);1H. The highest BCUT2D eigenvalue weighted by Crippen LogP contribution is 2.45. The molecule has 160 valence electrons. The van der Waals surface area contributed by atoms with Gasteiger partial charge in [-0.1, -0.05) is 0 Å². The lowest BCUT2D eigenvalue weighted by molar-refractivity contribution is 0.156. The molecule has 0 amide bonds. The second kappa shape index (κ2) is 8.21. The summed E-state index contributed by atoms with van der Waals surface area (Å²) in [6, 6.07) is 0.576. The zero-order valence-corrected chi connectivity index (χ0v) is 19.8. The molecule has 2 saturated carbocycles. The molecule has 5 aliphatic rings. The van der Waals surface area contributed by atoms with Crippen LogP contribution in [-0.2, 0) is 14.6 Å². The summed E-state index contributed by atoms with van der Waals surface area (Å²) in [6.45, 7) is 4.49. The Bertz CT molecular complexity index is 687. The Morgan fingerprint density at radius 2 is 1.93 bits per heavy atom. The summed E-state index contributed by atoms with van der Waals surface area (Å²) in [5.41, 5.74) is 0.313. The fourth-order valence-corrected chi connectivity index (χ4v) is 7.09. The quantitative estimate of drug-likeness (QED) is 0.340. The molecular formula is C20H34IN3O3S. The molecule has 0 aromatic heterocycles. The van der Waals surface area contributed by atoms with E-state index in [9.17, 15) is 8.42 Å². The van der Waals surface area contributed by atoms with Gasteiger partial charge in [0.05, 0.1) is 18.1 Å². The van der Waals surface area contributed by atoms with Crippen LogP contribution in [0, 0.1) is 23.2 Å². The number of hydrogen-bond donors (Lipinski definition) is 1. The van der Waals surface area contributed by atoms with Crippen molar-refractivity contribution in [3.05, 3.63) is 0 Å². The van der Waals surface area contributed by atoms with Crippen molar-refractivity contribution in [1.82, 2.24) is 10.2 Å². The molecule has 0 radical (unpaired) electrons. The Morgan fingerprint density at radius 1 is 1.18 bits per heavy atom. The topological polar surface area (TPSA) is 71.0 Å². The van der Waals surface area contributed by atoms with Crippen LogP contribution in [0.25, 0.3) is 0 Å². The van der Waals surface area contributed by atoms with Gasteiger partial charge in [-0.2, -0.15) is 0 Å². The van der Waals surface area contributed by atoms with E-state index in [1.807, 2.05) is 0 Å². The number of rotatable bonds is 5. The number of sulfone groups is 1. The maximum absolute atomic E-state index is 11.8. The minimum absolute atomic E-state index is 0. The molecule has 2 atom stereocenters. The average Bonchev–Trinajstić information content (AvgIpc) is 3.55. The van der Waals surface area contributed by atoms with Crippen molar-refractivity contribution in [2.24, 2.45) is 28.2 Å². The third-order valence-corrected chi connectivity index (χ3v) is 9.14. The first-order valence-corrected chi connectivity index (χ1v) is 12.7. The normalized spacial score (nSPS) is 35.0. The fourth-order valence-electron chi connectivity index (χ4n) is 5.24. The molecule has 0 bridgehead atoms. The van der Waals surface area contributed by atoms with Gasteiger partial charge in [0, 0.05) is 37.7 Å². The van der Waals surface area contributed by atoms with Gasteiger partial charge in [0.15, 0.2) is 15.8 Å². The Balaban J connectivity index is 0.00000192. The highest BCUT2D eigenvalue weighted by Gasteiger charge is 2.45. The van der Waals surface area contributed by atoms with Crippen LogP contribution in [0.3, 0.4) is 0 Å². The molecule has 6 nitrogen and oxygen atoms in total. The molecular weight excluding hydrogens is 489 g/mol. The molecule has 0 aromatic carbocycles. The van der Waals surface area contributed by atoms with Gasteiger partial charge in [-0.15, -0.1) is 24.0 Å². The summed E-state index contributed by atoms with van der Waals surface area (Å²) < 4.78 is 29.3. The molecule has 5 fully saturated rings. The van der Waals surface area contributed by atoms with Crippen LogP contribution in [0.4, 0.5) is 0 Å². The molecule has 1 N–H and O–H groups in total. The van der Waals surface area contributed by atoms with Gasteiger partial charge in [0.2, 0.25) is 0 Å². The Kier molecular flexibility index (Phi) is 6.20. The van der Waals surface area contributed by atoms with E-state index >= 15 is 0 Å². The Labute approximate surface area is 186 Å². The summed E-state index contributed by atoms with van der Waals surface area (Å²) in [4.78, 5) is 7.43. The van der Waals surface area contributed by atoms with Crippen molar-refractivity contribution in [3.8, 4) is 0 Å². The van der Waals surface area contributed by atoms with E-state index in [0.717, 1.165) is 56.9 Å². The van der Waals surface area contributed by atoms with Crippen LogP contribution >= 0.6 is 24.0 Å². The largest absolute Gasteiger partial charge is 0.381 e. The monoisotopic (exact) mass is 523 g/mol. The van der Waals surface area contributed by atoms with E-state index in [1.165, 1.54) is 32.1 Å². The highest BCUT2D eigenvalue weighted by atomic mass is 127. The molecule has 2 aliphatic carbocycles. The van der Waals surface area contributed by atoms with Crippen molar-refractivity contribution in [2.75, 3.05) is 44.4 Å². The predicted octanol–water partition coefficient (Wildman–Crippen LogP) is 2.29. The molecule has 3 aliphatic heterocycles. The third-order valence-electron chi connectivity index (χ3n) is 7.30. The number of ether oxygens (including phenoxy) is 1. The number of aliphatic imine (C=N–C) groups is 1. The molecule has 0 aromatic rings. The first-order chi connectivity index (χ1) is 13.0. The van der Waals surface area contributed by atoms with Crippen molar-refractivity contribution in [1.29, 1.82) is 0 Å². The smallest absolute Gasteiger partial charge is 0.194 e. The molecule has 2 unspecified atom stereocenters. The first kappa shape index (κ1) is 21.2. The SMILES string of the molecule is I.O=S1(=O)CCC(CN=C(NC(C2CC2)C2CC2)N2CCC3(CCOC3)C2)C1. The van der Waals surface area contributed by atoms with E-state index in [2.05, 4.69) is 10.2 Å². The zero-order valence-electron chi connectivity index (χ0n) is 16.6. The minimum Gasteiger partial charge on any atom is -0.381 e. The Morgan fingerprint density at radius 3 is 2.50 bits per heavy atom. The number of hydrogen-bond acceptors (Lipinski definition) is 4. The summed E-state index contributed by atoms with van der Waals surface area (Å²) in [6.07, 6.45) is 8.50. The summed E-state index contributed by atoms with van der Waals surface area (Å²) in [7, 11) is -2.83. The third kappa shape index (κ3) is 4.79. The van der Waals surface area contributed by atoms with Crippen molar-refractivity contribution >= 4 is 39.8 Å². The van der Waals surface area contributed by atoms with Crippen LogP contribution in [0.5, 0.6) is 0 Å². The van der Waals surface area contributed by atoms with Crippen LogP contribution < -0.4 is 5.32 Å². The van der Waals surface area contributed by atoms with Gasteiger partial charge in [-0.25, -0.2) is 8.42 Å². The fraction of sp³-hybridized carbons (Fsp3) is 0.950. The van der Waals surface area contributed by atoms with Gasteiger partial charge >= 0.3 is 0 Å². The number of guanidine groups is 1. The lowest BCUT2D eigenvalue weighted by Crippen LogP contribution is -2.48. The predicted molar refractivity (Wildman–Crippen MR) is 121 cm³/mol. The van der Waals surface area contributed by atoms with Crippen molar-refractivity contribution in [2.45, 2.75) is 51.0 Å². The minimum atomic E-state index is -2.83. The van der Waals surface area contributed by atoms with Gasteiger partial charge in [-0.05, 0) is 62.7 Å². The molecule has 28 heavy (non-hydrogen) atoms. The summed E-state index contributed by atoms with van der Waals surface area (Å²) in [5, 5.41) is 3.86. The van der Waals surface area contributed by atoms with E-state index in [1.54, 1.807) is 0 Å².